The van der Waals surface area contributed by atoms with Crippen LogP contribution in [0, 0.1) is 6.92 Å². The minimum absolute atomic E-state index is 0.00921. The summed E-state index contributed by atoms with van der Waals surface area (Å²) in [5.74, 6) is -2.22. The number of carboxylic acid groups (broad SMARTS) is 1. The molecule has 0 amide bonds. The number of hydrogen-bond acceptors (Lipinski definition) is 8. The molecular weight excluding hydrogens is 420 g/mol. The highest BCUT2D eigenvalue weighted by atomic mass is 16.6. The fourth-order valence-corrected chi connectivity index (χ4v) is 3.41. The molecule has 1 aromatic carbocycles. The maximum absolute atomic E-state index is 12.5. The fraction of sp³-hybridized carbons (Fsp3) is 0.478. The number of fused-ring (bicyclic) bond motifs is 1. The molecule has 9 heteroatoms. The second-order valence-electron chi connectivity index (χ2n) is 7.32. The molecule has 0 unspecified atom stereocenters. The van der Waals surface area contributed by atoms with E-state index in [0.717, 1.165) is 5.57 Å². The van der Waals surface area contributed by atoms with E-state index in [2.05, 4.69) is 0 Å². The largest absolute Gasteiger partial charge is 0.496 e. The van der Waals surface area contributed by atoms with Crippen LogP contribution in [0.15, 0.2) is 11.6 Å². The van der Waals surface area contributed by atoms with Gasteiger partial charge in [-0.05, 0) is 39.2 Å². The van der Waals surface area contributed by atoms with Crippen LogP contribution in [0.25, 0.3) is 0 Å². The zero-order chi connectivity index (χ0) is 23.8. The predicted octanol–water partition coefficient (Wildman–Crippen LogP) is 3.28. The SMILES string of the molecule is CCOC(=O)CCC(=O)Oc1c(CC=C(C)CCC(=O)O)c(OC)c(C)c2c1C(=O)OC2. The van der Waals surface area contributed by atoms with Crippen LogP contribution in [-0.2, 0) is 36.9 Å². The standard InChI is InChI=1S/C23H28O9/c1-5-30-18(26)10-11-19(27)32-22-15(8-6-13(2)7-9-17(24)25)21(29-4)14(3)16-12-31-23(28)20(16)22/h6H,5,7-12H2,1-4H3,(H,24,25). The van der Waals surface area contributed by atoms with E-state index in [-0.39, 0.29) is 50.2 Å². The molecular formula is C23H28O9. The Labute approximate surface area is 186 Å². The second-order valence-corrected chi connectivity index (χ2v) is 7.32. The van der Waals surface area contributed by atoms with Crippen molar-refractivity contribution >= 4 is 23.9 Å². The Morgan fingerprint density at radius 1 is 1.09 bits per heavy atom. The molecule has 0 spiro atoms. The summed E-state index contributed by atoms with van der Waals surface area (Å²) >= 11 is 0. The van der Waals surface area contributed by atoms with Crippen LogP contribution in [-0.4, -0.2) is 42.7 Å². The highest BCUT2D eigenvalue weighted by Gasteiger charge is 2.34. The molecule has 0 aliphatic carbocycles. The van der Waals surface area contributed by atoms with Gasteiger partial charge in [0.2, 0.25) is 0 Å². The van der Waals surface area contributed by atoms with Gasteiger partial charge in [-0.3, -0.25) is 14.4 Å². The van der Waals surface area contributed by atoms with Gasteiger partial charge in [0.1, 0.15) is 17.9 Å². The number of cyclic esters (lactones) is 1. The van der Waals surface area contributed by atoms with Crippen molar-refractivity contribution in [3.63, 3.8) is 0 Å². The van der Waals surface area contributed by atoms with Gasteiger partial charge in [-0.15, -0.1) is 0 Å². The highest BCUT2D eigenvalue weighted by Crippen LogP contribution is 2.43. The summed E-state index contributed by atoms with van der Waals surface area (Å²) in [5.41, 5.74) is 2.75. The third-order valence-corrected chi connectivity index (χ3v) is 5.07. The van der Waals surface area contributed by atoms with E-state index >= 15 is 0 Å². The zero-order valence-corrected chi connectivity index (χ0v) is 18.7. The topological polar surface area (TPSA) is 125 Å². The zero-order valence-electron chi connectivity index (χ0n) is 18.7. The average Bonchev–Trinajstić information content (AvgIpc) is 3.13. The second kappa shape index (κ2) is 11.3. The molecule has 0 atom stereocenters. The number of ether oxygens (including phenoxy) is 4. The molecule has 2 rings (SSSR count). The predicted molar refractivity (Wildman–Crippen MR) is 113 cm³/mol. The number of esters is 3. The molecule has 0 bridgehead atoms. The molecule has 9 nitrogen and oxygen atoms in total. The summed E-state index contributed by atoms with van der Waals surface area (Å²) in [5, 5.41) is 8.88. The Morgan fingerprint density at radius 2 is 1.78 bits per heavy atom. The lowest BCUT2D eigenvalue weighted by atomic mass is 9.94. The first kappa shape index (κ1) is 24.9. The smallest absolute Gasteiger partial charge is 0.342 e. The molecule has 0 radical (unpaired) electrons. The van der Waals surface area contributed by atoms with Crippen molar-refractivity contribution in [3.05, 3.63) is 33.9 Å². The Hall–Kier alpha value is -3.36. The van der Waals surface area contributed by atoms with Crippen LogP contribution >= 0.6 is 0 Å². The van der Waals surface area contributed by atoms with E-state index < -0.39 is 23.9 Å². The van der Waals surface area contributed by atoms with Gasteiger partial charge < -0.3 is 24.1 Å². The van der Waals surface area contributed by atoms with Crippen LogP contribution in [0.4, 0.5) is 0 Å². The summed E-state index contributed by atoms with van der Waals surface area (Å²) in [4.78, 5) is 47.3. The van der Waals surface area contributed by atoms with E-state index in [4.69, 9.17) is 24.1 Å². The van der Waals surface area contributed by atoms with Crippen LogP contribution in [0.1, 0.15) is 66.6 Å². The number of carbonyl (C=O) groups excluding carboxylic acids is 3. The summed E-state index contributed by atoms with van der Waals surface area (Å²) in [6.07, 6.45) is 2.04. The lowest BCUT2D eigenvalue weighted by Gasteiger charge is -2.18. The van der Waals surface area contributed by atoms with E-state index in [1.54, 1.807) is 20.8 Å². The quantitative estimate of drug-likeness (QED) is 0.308. The molecule has 0 fully saturated rings. The summed E-state index contributed by atoms with van der Waals surface area (Å²) in [6.45, 7) is 5.50. The van der Waals surface area contributed by atoms with Crippen molar-refractivity contribution in [2.45, 2.75) is 59.5 Å². The first-order chi connectivity index (χ1) is 15.2. The number of hydrogen-bond donors (Lipinski definition) is 1. The van der Waals surface area contributed by atoms with Crippen LogP contribution < -0.4 is 9.47 Å². The molecule has 1 heterocycles. The molecule has 0 saturated heterocycles. The van der Waals surface area contributed by atoms with Gasteiger partial charge in [-0.25, -0.2) is 4.79 Å². The number of rotatable bonds is 11. The van der Waals surface area contributed by atoms with Crippen LogP contribution in [0.5, 0.6) is 11.5 Å². The molecule has 1 N–H and O–H groups in total. The van der Waals surface area contributed by atoms with Gasteiger partial charge in [-0.1, -0.05) is 11.6 Å². The first-order valence-electron chi connectivity index (χ1n) is 10.3. The number of benzene rings is 1. The van der Waals surface area contributed by atoms with Crippen LogP contribution in [0.2, 0.25) is 0 Å². The number of aliphatic carboxylic acids is 1. The Bertz CT molecular complexity index is 944. The van der Waals surface area contributed by atoms with Crippen molar-refractivity contribution in [3.8, 4) is 11.5 Å². The average molecular weight is 448 g/mol. The van der Waals surface area contributed by atoms with Crippen molar-refractivity contribution in [1.82, 2.24) is 0 Å². The third kappa shape index (κ3) is 6.09. The minimum Gasteiger partial charge on any atom is -0.496 e. The molecule has 1 aliphatic rings. The van der Waals surface area contributed by atoms with Gasteiger partial charge in [0.05, 0.1) is 26.6 Å². The van der Waals surface area contributed by atoms with Crippen molar-refractivity contribution in [2.75, 3.05) is 13.7 Å². The van der Waals surface area contributed by atoms with E-state index in [1.165, 1.54) is 7.11 Å². The monoisotopic (exact) mass is 448 g/mol. The lowest BCUT2D eigenvalue weighted by Crippen LogP contribution is -2.16. The van der Waals surface area contributed by atoms with Crippen molar-refractivity contribution in [1.29, 1.82) is 0 Å². The van der Waals surface area contributed by atoms with Gasteiger partial charge in [0.25, 0.3) is 0 Å². The van der Waals surface area contributed by atoms with Gasteiger partial charge in [0.15, 0.2) is 5.75 Å². The van der Waals surface area contributed by atoms with E-state index in [0.29, 0.717) is 28.9 Å². The summed E-state index contributed by atoms with van der Waals surface area (Å²) in [7, 11) is 1.48. The Balaban J connectivity index is 2.41. The maximum atomic E-state index is 12.5. The van der Waals surface area contributed by atoms with Crippen molar-refractivity contribution < 1.29 is 43.2 Å². The van der Waals surface area contributed by atoms with E-state index in [1.807, 2.05) is 6.08 Å². The van der Waals surface area contributed by atoms with Gasteiger partial charge >= 0.3 is 23.9 Å². The molecule has 32 heavy (non-hydrogen) atoms. The molecule has 1 aliphatic heterocycles. The Morgan fingerprint density at radius 3 is 2.41 bits per heavy atom. The molecule has 0 saturated carbocycles. The number of allylic oxidation sites excluding steroid dienone is 2. The fourth-order valence-electron chi connectivity index (χ4n) is 3.41. The lowest BCUT2D eigenvalue weighted by molar-refractivity contribution is -0.146. The molecule has 0 aromatic heterocycles. The minimum atomic E-state index is -0.900. The number of carboxylic acids is 1. The van der Waals surface area contributed by atoms with Crippen molar-refractivity contribution in [2.24, 2.45) is 0 Å². The molecule has 1 aromatic rings. The maximum Gasteiger partial charge on any atom is 0.342 e. The highest BCUT2D eigenvalue weighted by molar-refractivity contribution is 5.99. The van der Waals surface area contributed by atoms with Gasteiger partial charge in [-0.2, -0.15) is 0 Å². The van der Waals surface area contributed by atoms with Crippen LogP contribution in [0.3, 0.4) is 0 Å². The van der Waals surface area contributed by atoms with E-state index in [9.17, 15) is 19.2 Å². The molecule has 174 valence electrons. The Kier molecular flexibility index (Phi) is 8.80. The normalized spacial score (nSPS) is 12.8. The third-order valence-electron chi connectivity index (χ3n) is 5.07. The number of carbonyl (C=O) groups is 4. The summed E-state index contributed by atoms with van der Waals surface area (Å²) < 4.78 is 21.1. The number of methoxy groups -OCH3 is 1. The summed E-state index contributed by atoms with van der Waals surface area (Å²) in [6, 6.07) is 0. The van der Waals surface area contributed by atoms with Gasteiger partial charge in [0, 0.05) is 17.5 Å². The first-order valence-corrected chi connectivity index (χ1v) is 10.3.